The molecule has 27 heavy (non-hydrogen) atoms. The number of amides is 1. The van der Waals surface area contributed by atoms with Gasteiger partial charge in [-0.1, -0.05) is 18.2 Å². The SMILES string of the molecule is CCOC(=O)CC(=O)CSc1ccc(NC(=O)COc2ccccc2)cc1. The summed E-state index contributed by atoms with van der Waals surface area (Å²) in [6.07, 6.45) is -0.212. The van der Waals surface area contributed by atoms with Crippen LogP contribution >= 0.6 is 11.8 Å². The van der Waals surface area contributed by atoms with Crippen LogP contribution in [0.1, 0.15) is 13.3 Å². The molecule has 0 aromatic heterocycles. The molecule has 6 nitrogen and oxygen atoms in total. The molecule has 2 aromatic carbocycles. The van der Waals surface area contributed by atoms with E-state index in [9.17, 15) is 14.4 Å². The van der Waals surface area contributed by atoms with Gasteiger partial charge in [-0.3, -0.25) is 14.4 Å². The lowest BCUT2D eigenvalue weighted by Gasteiger charge is -2.08. The average molecular weight is 387 g/mol. The van der Waals surface area contributed by atoms with Gasteiger partial charge in [-0.15, -0.1) is 11.8 Å². The van der Waals surface area contributed by atoms with Crippen molar-refractivity contribution in [2.75, 3.05) is 24.3 Å². The quantitative estimate of drug-likeness (QED) is 0.383. The number of carbonyl (C=O) groups excluding carboxylic acids is 3. The highest BCUT2D eigenvalue weighted by Crippen LogP contribution is 2.21. The topological polar surface area (TPSA) is 81.7 Å². The van der Waals surface area contributed by atoms with E-state index in [0.717, 1.165) is 4.90 Å². The van der Waals surface area contributed by atoms with Gasteiger partial charge >= 0.3 is 5.97 Å². The van der Waals surface area contributed by atoms with E-state index in [1.807, 2.05) is 18.2 Å². The van der Waals surface area contributed by atoms with Gasteiger partial charge in [0.2, 0.25) is 0 Å². The predicted octanol–water partition coefficient (Wildman–Crippen LogP) is 3.32. The highest BCUT2D eigenvalue weighted by atomic mass is 32.2. The smallest absolute Gasteiger partial charge is 0.313 e. The molecule has 1 N–H and O–H groups in total. The lowest BCUT2D eigenvalue weighted by atomic mass is 10.3. The minimum absolute atomic E-state index is 0.0805. The second-order valence-corrected chi connectivity index (χ2v) is 6.53. The van der Waals surface area contributed by atoms with Gasteiger partial charge in [0.15, 0.2) is 12.4 Å². The van der Waals surface area contributed by atoms with E-state index in [1.165, 1.54) is 11.8 Å². The number of nitrogens with one attached hydrogen (secondary N) is 1. The molecule has 0 saturated heterocycles. The Morgan fingerprint density at radius 3 is 2.37 bits per heavy atom. The maximum absolute atomic E-state index is 11.9. The molecular weight excluding hydrogens is 366 g/mol. The molecule has 0 atom stereocenters. The van der Waals surface area contributed by atoms with Crippen molar-refractivity contribution in [2.24, 2.45) is 0 Å². The Kier molecular flexibility index (Phi) is 8.38. The third-order valence-electron chi connectivity index (χ3n) is 3.30. The molecule has 0 heterocycles. The summed E-state index contributed by atoms with van der Waals surface area (Å²) in [7, 11) is 0. The molecule has 0 aliphatic heterocycles. The molecule has 7 heteroatoms. The molecule has 0 unspecified atom stereocenters. The minimum Gasteiger partial charge on any atom is -0.484 e. The van der Waals surface area contributed by atoms with Crippen molar-refractivity contribution in [2.45, 2.75) is 18.2 Å². The van der Waals surface area contributed by atoms with Crippen LogP contribution in [0.2, 0.25) is 0 Å². The first-order chi connectivity index (χ1) is 13.1. The van der Waals surface area contributed by atoms with Gasteiger partial charge < -0.3 is 14.8 Å². The zero-order chi connectivity index (χ0) is 19.5. The highest BCUT2D eigenvalue weighted by Gasteiger charge is 2.11. The number of rotatable bonds is 10. The number of Topliss-reactive ketones (excluding diaryl/α,β-unsaturated/α-hetero) is 1. The minimum atomic E-state index is -0.501. The van der Waals surface area contributed by atoms with Crippen LogP contribution in [0.5, 0.6) is 5.75 Å². The number of hydrogen-bond acceptors (Lipinski definition) is 6. The lowest BCUT2D eigenvalue weighted by molar-refractivity contribution is -0.145. The van der Waals surface area contributed by atoms with Crippen LogP contribution in [-0.2, 0) is 19.1 Å². The van der Waals surface area contributed by atoms with Gasteiger partial charge in [-0.05, 0) is 43.3 Å². The first kappa shape index (κ1) is 20.5. The number of hydrogen-bond donors (Lipinski definition) is 1. The van der Waals surface area contributed by atoms with E-state index >= 15 is 0 Å². The zero-order valence-corrected chi connectivity index (χ0v) is 15.8. The molecule has 0 bridgehead atoms. The first-order valence-electron chi connectivity index (χ1n) is 8.44. The monoisotopic (exact) mass is 387 g/mol. The molecular formula is C20H21NO5S. The van der Waals surface area contributed by atoms with Crippen LogP contribution in [0, 0.1) is 0 Å². The Balaban J connectivity index is 1.73. The number of benzene rings is 2. The molecule has 0 spiro atoms. The van der Waals surface area contributed by atoms with Crippen LogP contribution in [0.4, 0.5) is 5.69 Å². The second kappa shape index (κ2) is 11.0. The number of ketones is 1. The number of carbonyl (C=O) groups is 3. The van der Waals surface area contributed by atoms with Crippen LogP contribution in [0.15, 0.2) is 59.5 Å². The molecule has 0 aliphatic rings. The fourth-order valence-corrected chi connectivity index (χ4v) is 2.84. The largest absolute Gasteiger partial charge is 0.484 e. The third-order valence-corrected chi connectivity index (χ3v) is 4.37. The molecule has 0 fully saturated rings. The number of anilines is 1. The maximum atomic E-state index is 11.9. The molecule has 0 radical (unpaired) electrons. The van der Waals surface area contributed by atoms with E-state index in [1.54, 1.807) is 43.3 Å². The molecule has 2 rings (SSSR count). The van der Waals surface area contributed by atoms with Crippen molar-refractivity contribution < 1.29 is 23.9 Å². The van der Waals surface area contributed by atoms with Gasteiger partial charge in [0, 0.05) is 10.6 Å². The van der Waals surface area contributed by atoms with E-state index in [4.69, 9.17) is 9.47 Å². The van der Waals surface area contributed by atoms with Crippen LogP contribution in [0.25, 0.3) is 0 Å². The second-order valence-electron chi connectivity index (χ2n) is 5.48. The van der Waals surface area contributed by atoms with Crippen molar-refractivity contribution in [1.29, 1.82) is 0 Å². The Hall–Kier alpha value is -2.80. The van der Waals surface area contributed by atoms with Crippen molar-refractivity contribution in [3.8, 4) is 5.75 Å². The van der Waals surface area contributed by atoms with Gasteiger partial charge in [0.1, 0.15) is 12.2 Å². The van der Waals surface area contributed by atoms with Gasteiger partial charge in [0.05, 0.1) is 12.4 Å². The summed E-state index contributed by atoms with van der Waals surface area (Å²) in [5.41, 5.74) is 0.638. The fourth-order valence-electron chi connectivity index (χ4n) is 2.09. The van der Waals surface area contributed by atoms with Gasteiger partial charge in [0.25, 0.3) is 5.91 Å². The summed E-state index contributed by atoms with van der Waals surface area (Å²) < 4.78 is 10.1. The van der Waals surface area contributed by atoms with E-state index < -0.39 is 5.97 Å². The normalized spacial score (nSPS) is 10.1. The Morgan fingerprint density at radius 2 is 1.70 bits per heavy atom. The maximum Gasteiger partial charge on any atom is 0.313 e. The van der Waals surface area contributed by atoms with Crippen molar-refractivity contribution >= 4 is 35.1 Å². The standard InChI is InChI=1S/C20H21NO5S/c1-2-25-20(24)12-16(22)14-27-18-10-8-15(9-11-18)21-19(23)13-26-17-6-4-3-5-7-17/h3-11H,2,12-14H2,1H3,(H,21,23). The molecule has 0 saturated carbocycles. The third kappa shape index (κ3) is 7.96. The van der Waals surface area contributed by atoms with Crippen molar-refractivity contribution in [3.63, 3.8) is 0 Å². The highest BCUT2D eigenvalue weighted by molar-refractivity contribution is 8.00. The lowest BCUT2D eigenvalue weighted by Crippen LogP contribution is -2.20. The Labute approximate surface area is 162 Å². The average Bonchev–Trinajstić information content (AvgIpc) is 2.67. The number of thioether (sulfide) groups is 1. The number of esters is 1. The van der Waals surface area contributed by atoms with E-state index in [0.29, 0.717) is 11.4 Å². The Morgan fingerprint density at radius 1 is 1.00 bits per heavy atom. The molecule has 142 valence electrons. The van der Waals surface area contributed by atoms with Gasteiger partial charge in [-0.25, -0.2) is 0 Å². The van der Waals surface area contributed by atoms with Crippen LogP contribution in [0.3, 0.4) is 0 Å². The number of ether oxygens (including phenoxy) is 2. The molecule has 1 amide bonds. The summed E-state index contributed by atoms with van der Waals surface area (Å²) in [6.45, 7) is 1.89. The molecule has 0 aliphatic carbocycles. The zero-order valence-electron chi connectivity index (χ0n) is 15.0. The summed E-state index contributed by atoms with van der Waals surface area (Å²) >= 11 is 1.33. The fraction of sp³-hybridized carbons (Fsp3) is 0.250. The summed E-state index contributed by atoms with van der Waals surface area (Å²) in [5, 5.41) is 2.74. The van der Waals surface area contributed by atoms with E-state index in [2.05, 4.69) is 5.32 Å². The first-order valence-corrected chi connectivity index (χ1v) is 9.43. The van der Waals surface area contributed by atoms with Gasteiger partial charge in [-0.2, -0.15) is 0 Å². The van der Waals surface area contributed by atoms with Crippen molar-refractivity contribution in [3.05, 3.63) is 54.6 Å². The predicted molar refractivity (Wildman–Crippen MR) is 104 cm³/mol. The summed E-state index contributed by atoms with van der Waals surface area (Å²) in [4.78, 5) is 35.7. The Bertz CT molecular complexity index is 762. The van der Waals surface area contributed by atoms with Crippen LogP contribution < -0.4 is 10.1 Å². The molecule has 2 aromatic rings. The summed E-state index contributed by atoms with van der Waals surface area (Å²) in [5.74, 6) is -0.126. The van der Waals surface area contributed by atoms with Crippen LogP contribution in [-0.4, -0.2) is 36.6 Å². The van der Waals surface area contributed by atoms with E-state index in [-0.39, 0.29) is 37.1 Å². The summed E-state index contributed by atoms with van der Waals surface area (Å²) in [6, 6.07) is 16.2. The van der Waals surface area contributed by atoms with Crippen molar-refractivity contribution in [1.82, 2.24) is 0 Å². The number of para-hydroxylation sites is 1.